The molecule has 1 aromatic heterocycles. The fraction of sp³-hybridized carbons (Fsp3) is 0.500. The Kier molecular flexibility index (Phi) is 3.76. The highest BCUT2D eigenvalue weighted by molar-refractivity contribution is 5.78. The van der Waals surface area contributed by atoms with Gasteiger partial charge in [-0.25, -0.2) is 0 Å². The molecule has 0 fully saturated rings. The summed E-state index contributed by atoms with van der Waals surface area (Å²) in [5.74, 6) is 0.680. The maximum atomic E-state index is 10.5. The SMILES string of the molecule is CCCCCC(C)(O)c1cc2cc(C)ccc2o1. The molecule has 1 unspecified atom stereocenters. The van der Waals surface area contributed by atoms with E-state index in [0.29, 0.717) is 5.76 Å². The van der Waals surface area contributed by atoms with E-state index in [1.165, 1.54) is 5.56 Å². The van der Waals surface area contributed by atoms with Gasteiger partial charge in [0.1, 0.15) is 16.9 Å². The number of benzene rings is 1. The number of unbranched alkanes of at least 4 members (excludes halogenated alkanes) is 2. The summed E-state index contributed by atoms with van der Waals surface area (Å²) in [6.07, 6.45) is 4.09. The summed E-state index contributed by atoms with van der Waals surface area (Å²) in [6, 6.07) is 8.05. The van der Waals surface area contributed by atoms with E-state index in [1.54, 1.807) is 0 Å². The van der Waals surface area contributed by atoms with E-state index < -0.39 is 5.60 Å². The van der Waals surface area contributed by atoms with E-state index in [1.807, 2.05) is 25.1 Å². The minimum absolute atomic E-state index is 0.680. The first-order chi connectivity index (χ1) is 8.53. The summed E-state index contributed by atoms with van der Waals surface area (Å²) in [7, 11) is 0. The first-order valence-electron chi connectivity index (χ1n) is 6.76. The second kappa shape index (κ2) is 5.15. The zero-order chi connectivity index (χ0) is 13.2. The Bertz CT molecular complexity index is 523. The lowest BCUT2D eigenvalue weighted by molar-refractivity contribution is 0.0243. The number of furan rings is 1. The molecule has 0 radical (unpaired) electrons. The summed E-state index contributed by atoms with van der Waals surface area (Å²) in [4.78, 5) is 0. The fourth-order valence-corrected chi connectivity index (χ4v) is 2.27. The zero-order valence-corrected chi connectivity index (χ0v) is 11.5. The van der Waals surface area contributed by atoms with Gasteiger partial charge in [0.05, 0.1) is 0 Å². The van der Waals surface area contributed by atoms with Crippen molar-refractivity contribution in [3.8, 4) is 0 Å². The minimum atomic E-state index is -0.859. The molecule has 1 heterocycles. The average Bonchev–Trinajstić information content (AvgIpc) is 2.72. The molecule has 2 aromatic rings. The third kappa shape index (κ3) is 2.75. The van der Waals surface area contributed by atoms with Gasteiger partial charge in [-0.3, -0.25) is 0 Å². The van der Waals surface area contributed by atoms with Crippen molar-refractivity contribution in [3.63, 3.8) is 0 Å². The molecule has 0 bridgehead atoms. The normalized spacial score (nSPS) is 14.9. The monoisotopic (exact) mass is 246 g/mol. The van der Waals surface area contributed by atoms with Gasteiger partial charge in [-0.15, -0.1) is 0 Å². The zero-order valence-electron chi connectivity index (χ0n) is 11.5. The molecule has 0 spiro atoms. The molecule has 0 amide bonds. The van der Waals surface area contributed by atoms with Crippen molar-refractivity contribution in [1.82, 2.24) is 0 Å². The molecule has 0 saturated heterocycles. The molecular formula is C16H22O2. The van der Waals surface area contributed by atoms with Gasteiger partial charge in [0, 0.05) is 5.39 Å². The number of hydrogen-bond acceptors (Lipinski definition) is 2. The number of aliphatic hydroxyl groups is 1. The lowest BCUT2D eigenvalue weighted by atomic mass is 9.95. The van der Waals surface area contributed by atoms with Gasteiger partial charge in [0.2, 0.25) is 0 Å². The largest absolute Gasteiger partial charge is 0.458 e. The van der Waals surface area contributed by atoms with Gasteiger partial charge in [-0.05, 0) is 38.5 Å². The highest BCUT2D eigenvalue weighted by atomic mass is 16.4. The number of rotatable bonds is 5. The van der Waals surface area contributed by atoms with Crippen molar-refractivity contribution in [2.75, 3.05) is 0 Å². The fourth-order valence-electron chi connectivity index (χ4n) is 2.27. The molecule has 2 heteroatoms. The van der Waals surface area contributed by atoms with E-state index in [-0.39, 0.29) is 0 Å². The quantitative estimate of drug-likeness (QED) is 0.786. The smallest absolute Gasteiger partial charge is 0.136 e. The molecule has 0 aliphatic heterocycles. The molecule has 1 atom stereocenters. The molecule has 0 aliphatic carbocycles. The second-order valence-electron chi connectivity index (χ2n) is 5.38. The lowest BCUT2D eigenvalue weighted by Gasteiger charge is -2.20. The molecule has 2 rings (SSSR count). The molecule has 2 nitrogen and oxygen atoms in total. The predicted molar refractivity (Wildman–Crippen MR) is 74.7 cm³/mol. The summed E-state index contributed by atoms with van der Waals surface area (Å²) in [5.41, 5.74) is 1.20. The van der Waals surface area contributed by atoms with Crippen LogP contribution < -0.4 is 0 Å². The molecule has 1 aromatic carbocycles. The Morgan fingerprint density at radius 3 is 2.72 bits per heavy atom. The van der Waals surface area contributed by atoms with E-state index in [2.05, 4.69) is 19.9 Å². The Morgan fingerprint density at radius 1 is 1.22 bits per heavy atom. The van der Waals surface area contributed by atoms with Gasteiger partial charge in [-0.1, -0.05) is 37.8 Å². The Morgan fingerprint density at radius 2 is 2.00 bits per heavy atom. The van der Waals surface area contributed by atoms with Crippen molar-refractivity contribution in [3.05, 3.63) is 35.6 Å². The molecule has 0 aliphatic rings. The number of fused-ring (bicyclic) bond motifs is 1. The highest BCUT2D eigenvalue weighted by Crippen LogP contribution is 2.32. The van der Waals surface area contributed by atoms with Crippen LogP contribution in [0.1, 0.15) is 50.9 Å². The standard InChI is InChI=1S/C16H22O2/c1-4-5-6-9-16(3,17)15-11-13-10-12(2)7-8-14(13)18-15/h7-8,10-11,17H,4-6,9H2,1-3H3. The van der Waals surface area contributed by atoms with E-state index in [0.717, 1.165) is 36.7 Å². The first kappa shape index (κ1) is 13.2. The third-order valence-electron chi connectivity index (χ3n) is 3.47. The minimum Gasteiger partial charge on any atom is -0.458 e. The summed E-state index contributed by atoms with van der Waals surface area (Å²) in [6.45, 7) is 6.07. The van der Waals surface area contributed by atoms with Crippen LogP contribution in [0.2, 0.25) is 0 Å². The van der Waals surface area contributed by atoms with E-state index >= 15 is 0 Å². The maximum Gasteiger partial charge on any atom is 0.136 e. The predicted octanol–water partition coefficient (Wildman–Crippen LogP) is 4.53. The van der Waals surface area contributed by atoms with Gasteiger partial charge >= 0.3 is 0 Å². The van der Waals surface area contributed by atoms with Crippen molar-refractivity contribution in [1.29, 1.82) is 0 Å². The number of aryl methyl sites for hydroxylation is 1. The van der Waals surface area contributed by atoms with Gasteiger partial charge in [-0.2, -0.15) is 0 Å². The first-order valence-corrected chi connectivity index (χ1v) is 6.76. The lowest BCUT2D eigenvalue weighted by Crippen LogP contribution is -2.19. The molecule has 98 valence electrons. The van der Waals surface area contributed by atoms with Crippen LogP contribution in [0.4, 0.5) is 0 Å². The highest BCUT2D eigenvalue weighted by Gasteiger charge is 2.26. The topological polar surface area (TPSA) is 33.4 Å². The third-order valence-corrected chi connectivity index (χ3v) is 3.47. The summed E-state index contributed by atoms with van der Waals surface area (Å²) < 4.78 is 5.77. The van der Waals surface area contributed by atoms with Crippen LogP contribution in [0.25, 0.3) is 11.0 Å². The van der Waals surface area contributed by atoms with Crippen molar-refractivity contribution >= 4 is 11.0 Å². The molecule has 18 heavy (non-hydrogen) atoms. The van der Waals surface area contributed by atoms with E-state index in [4.69, 9.17) is 4.42 Å². The van der Waals surface area contributed by atoms with Crippen LogP contribution in [0.3, 0.4) is 0 Å². The molecular weight excluding hydrogens is 224 g/mol. The Balaban J connectivity index is 2.24. The van der Waals surface area contributed by atoms with Gasteiger partial charge in [0.25, 0.3) is 0 Å². The van der Waals surface area contributed by atoms with E-state index in [9.17, 15) is 5.11 Å². The maximum absolute atomic E-state index is 10.5. The van der Waals surface area contributed by atoms with Crippen LogP contribution in [-0.4, -0.2) is 5.11 Å². The number of hydrogen-bond donors (Lipinski definition) is 1. The van der Waals surface area contributed by atoms with Crippen molar-refractivity contribution in [2.45, 2.75) is 52.1 Å². The Hall–Kier alpha value is -1.28. The molecule has 0 saturated carbocycles. The summed E-state index contributed by atoms with van der Waals surface area (Å²) in [5, 5.41) is 11.6. The van der Waals surface area contributed by atoms with Crippen LogP contribution in [0, 0.1) is 6.92 Å². The van der Waals surface area contributed by atoms with Crippen molar-refractivity contribution < 1.29 is 9.52 Å². The van der Waals surface area contributed by atoms with Crippen LogP contribution >= 0.6 is 0 Å². The van der Waals surface area contributed by atoms with Crippen molar-refractivity contribution in [2.24, 2.45) is 0 Å². The average molecular weight is 246 g/mol. The second-order valence-corrected chi connectivity index (χ2v) is 5.38. The molecule has 1 N–H and O–H groups in total. The van der Waals surface area contributed by atoms with Crippen LogP contribution in [0.5, 0.6) is 0 Å². The van der Waals surface area contributed by atoms with Gasteiger partial charge < -0.3 is 9.52 Å². The van der Waals surface area contributed by atoms with Crippen LogP contribution in [0.15, 0.2) is 28.7 Å². The van der Waals surface area contributed by atoms with Crippen LogP contribution in [-0.2, 0) is 5.60 Å². The van der Waals surface area contributed by atoms with Gasteiger partial charge in [0.15, 0.2) is 0 Å². The summed E-state index contributed by atoms with van der Waals surface area (Å²) >= 11 is 0. The Labute approximate surface area is 109 Å².